The first-order chi connectivity index (χ1) is 11.7. The SMILES string of the molecule is CCOC(=O)CCN(Cc1cccnc1)C(=O)Nc1ccccc1. The van der Waals surface area contributed by atoms with Gasteiger partial charge in [-0.15, -0.1) is 0 Å². The number of carbonyl (C=O) groups is 2. The van der Waals surface area contributed by atoms with Gasteiger partial charge in [0.1, 0.15) is 0 Å². The van der Waals surface area contributed by atoms with E-state index in [-0.39, 0.29) is 25.0 Å². The summed E-state index contributed by atoms with van der Waals surface area (Å²) in [7, 11) is 0. The van der Waals surface area contributed by atoms with Crippen molar-refractivity contribution < 1.29 is 14.3 Å². The average Bonchev–Trinajstić information content (AvgIpc) is 2.60. The maximum atomic E-state index is 12.5. The molecule has 0 aliphatic heterocycles. The second-order valence-electron chi connectivity index (χ2n) is 5.13. The van der Waals surface area contributed by atoms with Crippen LogP contribution in [0.3, 0.4) is 0 Å². The van der Waals surface area contributed by atoms with E-state index in [1.54, 1.807) is 24.2 Å². The molecule has 0 bridgehead atoms. The van der Waals surface area contributed by atoms with Gasteiger partial charge in [0.15, 0.2) is 0 Å². The molecule has 6 heteroatoms. The minimum Gasteiger partial charge on any atom is -0.466 e. The molecular weight excluding hydrogens is 306 g/mol. The quantitative estimate of drug-likeness (QED) is 0.793. The Morgan fingerprint density at radius 3 is 2.62 bits per heavy atom. The molecule has 2 amide bonds. The van der Waals surface area contributed by atoms with Crippen molar-refractivity contribution in [3.8, 4) is 0 Å². The number of nitrogens with one attached hydrogen (secondary N) is 1. The molecule has 0 atom stereocenters. The number of nitrogens with zero attached hydrogens (tertiary/aromatic N) is 2. The third kappa shape index (κ3) is 5.72. The summed E-state index contributed by atoms with van der Waals surface area (Å²) in [4.78, 5) is 29.7. The van der Waals surface area contributed by atoms with Crippen LogP contribution >= 0.6 is 0 Å². The predicted molar refractivity (Wildman–Crippen MR) is 91.4 cm³/mol. The minimum absolute atomic E-state index is 0.149. The van der Waals surface area contributed by atoms with E-state index in [0.717, 1.165) is 5.56 Å². The van der Waals surface area contributed by atoms with Crippen molar-refractivity contribution >= 4 is 17.7 Å². The van der Waals surface area contributed by atoms with E-state index in [9.17, 15) is 9.59 Å². The standard InChI is InChI=1S/C18H21N3O3/c1-2-24-17(22)10-12-21(14-15-7-6-11-19-13-15)18(23)20-16-8-4-3-5-9-16/h3-9,11,13H,2,10,12,14H2,1H3,(H,20,23). The zero-order chi connectivity index (χ0) is 17.2. The molecule has 2 rings (SSSR count). The summed E-state index contributed by atoms with van der Waals surface area (Å²) in [6, 6.07) is 12.6. The van der Waals surface area contributed by atoms with Crippen LogP contribution in [0.15, 0.2) is 54.9 Å². The van der Waals surface area contributed by atoms with Gasteiger partial charge in [-0.1, -0.05) is 24.3 Å². The van der Waals surface area contributed by atoms with Gasteiger partial charge in [0.2, 0.25) is 0 Å². The number of benzene rings is 1. The van der Waals surface area contributed by atoms with Crippen molar-refractivity contribution in [2.75, 3.05) is 18.5 Å². The zero-order valence-corrected chi connectivity index (χ0v) is 13.6. The predicted octanol–water partition coefficient (Wildman–Crippen LogP) is 3.07. The summed E-state index contributed by atoms with van der Waals surface area (Å²) < 4.78 is 4.93. The number of anilines is 1. The molecule has 0 spiro atoms. The van der Waals surface area contributed by atoms with Crippen molar-refractivity contribution in [1.29, 1.82) is 0 Å². The van der Waals surface area contributed by atoms with E-state index in [1.165, 1.54) is 0 Å². The van der Waals surface area contributed by atoms with Crippen molar-refractivity contribution in [3.63, 3.8) is 0 Å². The lowest BCUT2D eigenvalue weighted by Crippen LogP contribution is -2.36. The third-order valence-electron chi connectivity index (χ3n) is 3.30. The number of para-hydroxylation sites is 1. The first-order valence-corrected chi connectivity index (χ1v) is 7.84. The summed E-state index contributed by atoms with van der Waals surface area (Å²) in [6.07, 6.45) is 3.53. The van der Waals surface area contributed by atoms with E-state index in [2.05, 4.69) is 10.3 Å². The Kier molecular flexibility index (Phi) is 6.76. The Morgan fingerprint density at radius 2 is 1.96 bits per heavy atom. The van der Waals surface area contributed by atoms with Crippen LogP contribution in [0, 0.1) is 0 Å². The van der Waals surface area contributed by atoms with Crippen LogP contribution < -0.4 is 5.32 Å². The lowest BCUT2D eigenvalue weighted by Gasteiger charge is -2.23. The topological polar surface area (TPSA) is 71.5 Å². The molecule has 1 aromatic carbocycles. The normalized spacial score (nSPS) is 10.0. The Labute approximate surface area is 141 Å². The first kappa shape index (κ1) is 17.5. The number of amides is 2. The summed E-state index contributed by atoms with van der Waals surface area (Å²) in [6.45, 7) is 2.73. The highest BCUT2D eigenvalue weighted by atomic mass is 16.5. The van der Waals surface area contributed by atoms with Crippen LogP contribution in [0.5, 0.6) is 0 Å². The maximum absolute atomic E-state index is 12.5. The number of hydrogen-bond donors (Lipinski definition) is 1. The first-order valence-electron chi connectivity index (χ1n) is 7.84. The van der Waals surface area contributed by atoms with Gasteiger partial charge in [-0.2, -0.15) is 0 Å². The molecule has 0 saturated heterocycles. The molecule has 0 aliphatic carbocycles. The van der Waals surface area contributed by atoms with Crippen molar-refractivity contribution in [1.82, 2.24) is 9.88 Å². The Bertz CT molecular complexity index is 647. The second kappa shape index (κ2) is 9.29. The molecule has 6 nitrogen and oxygen atoms in total. The molecule has 1 N–H and O–H groups in total. The van der Waals surface area contributed by atoms with E-state index in [0.29, 0.717) is 18.8 Å². The highest BCUT2D eigenvalue weighted by Gasteiger charge is 2.16. The molecular formula is C18H21N3O3. The van der Waals surface area contributed by atoms with E-state index >= 15 is 0 Å². The van der Waals surface area contributed by atoms with Gasteiger partial charge in [-0.05, 0) is 30.7 Å². The number of esters is 1. The molecule has 2 aromatic rings. The number of rotatable bonds is 7. The molecule has 1 aromatic heterocycles. The largest absolute Gasteiger partial charge is 0.466 e. The van der Waals surface area contributed by atoms with Crippen LogP contribution in [0.25, 0.3) is 0 Å². The van der Waals surface area contributed by atoms with Crippen LogP contribution in [-0.2, 0) is 16.1 Å². The van der Waals surface area contributed by atoms with Crippen molar-refractivity contribution in [2.24, 2.45) is 0 Å². The van der Waals surface area contributed by atoms with Gasteiger partial charge in [-0.25, -0.2) is 4.79 Å². The van der Waals surface area contributed by atoms with Gasteiger partial charge >= 0.3 is 12.0 Å². The molecule has 0 fully saturated rings. The van der Waals surface area contributed by atoms with E-state index < -0.39 is 0 Å². The molecule has 0 radical (unpaired) electrons. The van der Waals surface area contributed by atoms with Crippen LogP contribution in [0.1, 0.15) is 18.9 Å². The van der Waals surface area contributed by atoms with Gasteiger partial charge in [0.05, 0.1) is 13.0 Å². The summed E-state index contributed by atoms with van der Waals surface area (Å²) in [5.41, 5.74) is 1.60. The van der Waals surface area contributed by atoms with Gasteiger partial charge in [0, 0.05) is 31.2 Å². The number of hydrogen-bond acceptors (Lipinski definition) is 4. The van der Waals surface area contributed by atoms with Gasteiger partial charge in [0.25, 0.3) is 0 Å². The Balaban J connectivity index is 2.03. The number of aromatic nitrogens is 1. The number of pyridine rings is 1. The van der Waals surface area contributed by atoms with Crippen LogP contribution in [0.4, 0.5) is 10.5 Å². The number of urea groups is 1. The van der Waals surface area contributed by atoms with Crippen LogP contribution in [-0.4, -0.2) is 35.0 Å². The Morgan fingerprint density at radius 1 is 1.17 bits per heavy atom. The number of ether oxygens (including phenoxy) is 1. The lowest BCUT2D eigenvalue weighted by molar-refractivity contribution is -0.143. The van der Waals surface area contributed by atoms with Crippen LogP contribution in [0.2, 0.25) is 0 Å². The van der Waals surface area contributed by atoms with Crippen molar-refractivity contribution in [3.05, 3.63) is 60.4 Å². The van der Waals surface area contributed by atoms with E-state index in [1.807, 2.05) is 42.5 Å². The summed E-state index contributed by atoms with van der Waals surface area (Å²) in [5, 5.41) is 2.83. The monoisotopic (exact) mass is 327 g/mol. The molecule has 1 heterocycles. The Hall–Kier alpha value is -2.89. The fourth-order valence-electron chi connectivity index (χ4n) is 2.15. The minimum atomic E-state index is -0.318. The molecule has 0 aliphatic rings. The van der Waals surface area contributed by atoms with E-state index in [4.69, 9.17) is 4.74 Å². The molecule has 126 valence electrons. The van der Waals surface area contributed by atoms with Gasteiger partial charge in [-0.3, -0.25) is 9.78 Å². The third-order valence-corrected chi connectivity index (χ3v) is 3.30. The fourth-order valence-corrected chi connectivity index (χ4v) is 2.15. The second-order valence-corrected chi connectivity index (χ2v) is 5.13. The molecule has 24 heavy (non-hydrogen) atoms. The smallest absolute Gasteiger partial charge is 0.322 e. The van der Waals surface area contributed by atoms with Gasteiger partial charge < -0.3 is 15.0 Å². The van der Waals surface area contributed by atoms with Crippen molar-refractivity contribution in [2.45, 2.75) is 19.9 Å². The maximum Gasteiger partial charge on any atom is 0.322 e. The lowest BCUT2D eigenvalue weighted by atomic mass is 10.2. The number of carbonyl (C=O) groups excluding carboxylic acids is 2. The molecule has 0 saturated carbocycles. The highest BCUT2D eigenvalue weighted by Crippen LogP contribution is 2.10. The fraction of sp³-hybridized carbons (Fsp3) is 0.278. The summed E-state index contributed by atoms with van der Waals surface area (Å²) in [5.74, 6) is -0.318. The zero-order valence-electron chi connectivity index (χ0n) is 13.6. The highest BCUT2D eigenvalue weighted by molar-refractivity contribution is 5.89. The average molecular weight is 327 g/mol. The summed E-state index contributed by atoms with van der Waals surface area (Å²) >= 11 is 0. The molecule has 0 unspecified atom stereocenters.